The van der Waals surface area contributed by atoms with Gasteiger partial charge in [-0.25, -0.2) is 4.39 Å². The fourth-order valence-corrected chi connectivity index (χ4v) is 2.58. The molecule has 2 heteroatoms. The van der Waals surface area contributed by atoms with Crippen molar-refractivity contribution < 1.29 is 4.39 Å². The molecular formula is C26H30FN. The van der Waals surface area contributed by atoms with Gasteiger partial charge < -0.3 is 4.90 Å². The maximum Gasteiger partial charge on any atom is 0.123 e. The molecule has 1 aromatic rings. The van der Waals surface area contributed by atoms with Crippen LogP contribution in [0.5, 0.6) is 0 Å². The molecule has 146 valence electrons. The Morgan fingerprint density at radius 3 is 2.39 bits per heavy atom. The van der Waals surface area contributed by atoms with Crippen LogP contribution < -0.4 is 0 Å². The van der Waals surface area contributed by atoms with Gasteiger partial charge in [0.1, 0.15) is 5.82 Å². The molecule has 0 atom stereocenters. The molecule has 0 aromatic heterocycles. The van der Waals surface area contributed by atoms with Crippen LogP contribution in [-0.4, -0.2) is 18.5 Å². The predicted molar refractivity (Wildman–Crippen MR) is 121 cm³/mol. The van der Waals surface area contributed by atoms with Gasteiger partial charge in [0.05, 0.1) is 0 Å². The number of hydrogen-bond donors (Lipinski definition) is 0. The van der Waals surface area contributed by atoms with Gasteiger partial charge in [-0.2, -0.15) is 0 Å². The second kappa shape index (κ2) is 12.4. The third-order valence-corrected chi connectivity index (χ3v) is 4.31. The SMILES string of the molecule is C#C/C=C\C(=C/CC)CN(C)C(=C)CC(/C=C\C(=C)c1ccc(F)cc1)=C/C. The van der Waals surface area contributed by atoms with E-state index in [1.807, 2.05) is 32.2 Å². The highest BCUT2D eigenvalue weighted by molar-refractivity contribution is 5.72. The van der Waals surface area contributed by atoms with Crippen LogP contribution in [0, 0.1) is 18.2 Å². The van der Waals surface area contributed by atoms with Crippen LogP contribution in [-0.2, 0) is 0 Å². The molecule has 0 unspecified atom stereocenters. The van der Waals surface area contributed by atoms with Gasteiger partial charge in [0.2, 0.25) is 0 Å². The summed E-state index contributed by atoms with van der Waals surface area (Å²) in [6.07, 6.45) is 18.9. The normalized spacial score (nSPS) is 12.4. The second-order valence-corrected chi connectivity index (χ2v) is 6.52. The molecule has 1 nitrogen and oxygen atoms in total. The van der Waals surface area contributed by atoms with Crippen LogP contribution in [0.4, 0.5) is 4.39 Å². The summed E-state index contributed by atoms with van der Waals surface area (Å²) < 4.78 is 13.1. The lowest BCUT2D eigenvalue weighted by atomic mass is 10.0. The highest BCUT2D eigenvalue weighted by Gasteiger charge is 2.06. The number of allylic oxidation sites excluding steroid dienone is 7. The van der Waals surface area contributed by atoms with Crippen LogP contribution in [0.15, 0.2) is 90.7 Å². The minimum absolute atomic E-state index is 0.248. The monoisotopic (exact) mass is 375 g/mol. The van der Waals surface area contributed by atoms with Gasteiger partial charge >= 0.3 is 0 Å². The molecule has 1 aromatic carbocycles. The molecule has 0 N–H and O–H groups in total. The summed E-state index contributed by atoms with van der Waals surface area (Å²) in [5.74, 6) is 2.29. The maximum atomic E-state index is 13.1. The van der Waals surface area contributed by atoms with Gasteiger partial charge in [0.25, 0.3) is 0 Å². The van der Waals surface area contributed by atoms with E-state index in [0.29, 0.717) is 0 Å². The highest BCUT2D eigenvalue weighted by atomic mass is 19.1. The summed E-state index contributed by atoms with van der Waals surface area (Å²) in [7, 11) is 2.03. The number of terminal acetylenes is 1. The Hall–Kier alpha value is -3.05. The van der Waals surface area contributed by atoms with E-state index in [9.17, 15) is 4.39 Å². The molecule has 0 aliphatic rings. The fraction of sp³-hybridized carbons (Fsp3) is 0.231. The third kappa shape index (κ3) is 8.10. The van der Waals surface area contributed by atoms with Crippen molar-refractivity contribution >= 4 is 5.57 Å². The fourth-order valence-electron chi connectivity index (χ4n) is 2.58. The number of likely N-dealkylation sites (N-methyl/N-ethyl adjacent to an activating group) is 1. The number of nitrogens with zero attached hydrogens (tertiary/aromatic N) is 1. The lowest BCUT2D eigenvalue weighted by Gasteiger charge is -2.23. The van der Waals surface area contributed by atoms with Crippen molar-refractivity contribution in [1.29, 1.82) is 0 Å². The van der Waals surface area contributed by atoms with Crippen molar-refractivity contribution in [3.8, 4) is 12.3 Å². The first-order chi connectivity index (χ1) is 13.4. The Morgan fingerprint density at radius 1 is 1.14 bits per heavy atom. The van der Waals surface area contributed by atoms with Crippen LogP contribution >= 0.6 is 0 Å². The van der Waals surface area contributed by atoms with E-state index in [-0.39, 0.29) is 5.82 Å². The molecule has 28 heavy (non-hydrogen) atoms. The Bertz CT molecular complexity index is 826. The maximum absolute atomic E-state index is 13.1. The van der Waals surface area contributed by atoms with Gasteiger partial charge in [-0.1, -0.05) is 62.4 Å². The molecule has 0 radical (unpaired) electrons. The molecular weight excluding hydrogens is 345 g/mol. The van der Waals surface area contributed by atoms with E-state index in [2.05, 4.69) is 43.1 Å². The van der Waals surface area contributed by atoms with Gasteiger partial charge in [0.15, 0.2) is 0 Å². The molecule has 0 aliphatic heterocycles. The van der Waals surface area contributed by atoms with E-state index in [0.717, 1.165) is 41.8 Å². The zero-order valence-corrected chi connectivity index (χ0v) is 17.2. The zero-order chi connectivity index (χ0) is 20.9. The molecule has 0 saturated carbocycles. The summed E-state index contributed by atoms with van der Waals surface area (Å²) in [6.45, 7) is 13.2. The van der Waals surface area contributed by atoms with Crippen LogP contribution in [0.2, 0.25) is 0 Å². The van der Waals surface area contributed by atoms with E-state index < -0.39 is 0 Å². The van der Waals surface area contributed by atoms with E-state index in [4.69, 9.17) is 6.42 Å². The summed E-state index contributed by atoms with van der Waals surface area (Å²) >= 11 is 0. The van der Waals surface area contributed by atoms with Crippen LogP contribution in [0.25, 0.3) is 5.57 Å². The molecule has 0 amide bonds. The molecule has 0 spiro atoms. The van der Waals surface area contributed by atoms with Gasteiger partial charge in [-0.15, -0.1) is 6.42 Å². The predicted octanol–water partition coefficient (Wildman–Crippen LogP) is 6.70. The number of rotatable bonds is 10. The van der Waals surface area contributed by atoms with Crippen LogP contribution in [0.1, 0.15) is 32.3 Å². The van der Waals surface area contributed by atoms with Crippen molar-refractivity contribution in [3.05, 3.63) is 102 Å². The van der Waals surface area contributed by atoms with Crippen molar-refractivity contribution in [3.63, 3.8) is 0 Å². The number of benzene rings is 1. The Balaban J connectivity index is 2.73. The first-order valence-electron chi connectivity index (χ1n) is 9.40. The van der Waals surface area contributed by atoms with Gasteiger partial charge in [-0.05, 0) is 59.9 Å². The lowest BCUT2D eigenvalue weighted by Crippen LogP contribution is -2.19. The van der Waals surface area contributed by atoms with Gasteiger partial charge in [0, 0.05) is 25.7 Å². The van der Waals surface area contributed by atoms with Crippen molar-refractivity contribution in [1.82, 2.24) is 4.90 Å². The largest absolute Gasteiger partial charge is 0.374 e. The standard InChI is InChI=1S/C26H30FN/c1-7-10-12-24(11-8-2)20-28(6)22(5)19-23(9-3)14-13-21(4)25-15-17-26(27)18-16-25/h1,9-18H,4-5,8,19-20H2,2-3,6H3/b12-10-,14-13-,23-9+,24-11+. The molecule has 0 fully saturated rings. The number of halogens is 1. The second-order valence-electron chi connectivity index (χ2n) is 6.52. The molecule has 0 bridgehead atoms. The Kier molecular flexibility index (Phi) is 10.1. The zero-order valence-electron chi connectivity index (χ0n) is 17.2. The van der Waals surface area contributed by atoms with Crippen molar-refractivity contribution in [2.75, 3.05) is 13.6 Å². The smallest absolute Gasteiger partial charge is 0.123 e. The number of hydrogen-bond acceptors (Lipinski definition) is 1. The first kappa shape index (κ1) is 23.0. The lowest BCUT2D eigenvalue weighted by molar-refractivity contribution is 0.448. The first-order valence-corrected chi connectivity index (χ1v) is 9.40. The highest BCUT2D eigenvalue weighted by Crippen LogP contribution is 2.19. The summed E-state index contributed by atoms with van der Waals surface area (Å²) in [5.41, 5.74) is 5.07. The quantitative estimate of drug-likeness (QED) is 0.325. The average Bonchev–Trinajstić information content (AvgIpc) is 2.69. The van der Waals surface area contributed by atoms with E-state index >= 15 is 0 Å². The summed E-state index contributed by atoms with van der Waals surface area (Å²) in [6, 6.07) is 6.35. The third-order valence-electron chi connectivity index (χ3n) is 4.31. The molecule has 0 aliphatic carbocycles. The van der Waals surface area contributed by atoms with E-state index in [1.165, 1.54) is 17.7 Å². The Morgan fingerprint density at radius 2 is 1.82 bits per heavy atom. The summed E-state index contributed by atoms with van der Waals surface area (Å²) in [4.78, 5) is 2.13. The molecule has 1 rings (SSSR count). The van der Waals surface area contributed by atoms with Crippen LogP contribution in [0.3, 0.4) is 0 Å². The average molecular weight is 376 g/mol. The van der Waals surface area contributed by atoms with Crippen molar-refractivity contribution in [2.24, 2.45) is 0 Å². The topological polar surface area (TPSA) is 3.24 Å². The van der Waals surface area contributed by atoms with Crippen molar-refractivity contribution in [2.45, 2.75) is 26.7 Å². The minimum Gasteiger partial charge on any atom is -0.374 e. The minimum atomic E-state index is -0.248. The molecule has 0 heterocycles. The summed E-state index contributed by atoms with van der Waals surface area (Å²) in [5, 5.41) is 0. The van der Waals surface area contributed by atoms with E-state index in [1.54, 1.807) is 18.2 Å². The molecule has 0 saturated heterocycles. The van der Waals surface area contributed by atoms with Gasteiger partial charge in [-0.3, -0.25) is 0 Å². The Labute approximate surface area is 170 Å².